The molecule has 0 radical (unpaired) electrons. The molecule has 0 unspecified atom stereocenters. The van der Waals surface area contributed by atoms with Crippen molar-refractivity contribution in [3.8, 4) is 0 Å². The minimum Gasteiger partial charge on any atom is -0.353 e. The van der Waals surface area contributed by atoms with Crippen molar-refractivity contribution >= 4 is 29.2 Å². The molecule has 5 nitrogen and oxygen atoms in total. The summed E-state index contributed by atoms with van der Waals surface area (Å²) >= 11 is 1.50. The molecule has 2 aromatic rings. The number of alkyl halides is 3. The molecule has 0 spiro atoms. The minimum absolute atomic E-state index is 0.0548. The quantitative estimate of drug-likeness (QED) is 0.719. The highest BCUT2D eigenvalue weighted by atomic mass is 32.2. The van der Waals surface area contributed by atoms with Crippen LogP contribution in [0.15, 0.2) is 35.2 Å². The van der Waals surface area contributed by atoms with Crippen LogP contribution >= 0.6 is 11.8 Å². The van der Waals surface area contributed by atoms with Crippen molar-refractivity contribution in [1.82, 2.24) is 14.9 Å². The van der Waals surface area contributed by atoms with Gasteiger partial charge in [0.05, 0.1) is 5.69 Å². The Labute approximate surface area is 149 Å². The fourth-order valence-corrected chi connectivity index (χ4v) is 2.57. The predicted octanol–water partition coefficient (Wildman–Crippen LogP) is 3.93. The van der Waals surface area contributed by atoms with E-state index in [9.17, 15) is 13.2 Å². The van der Waals surface area contributed by atoms with Crippen LogP contribution in [-0.4, -0.2) is 48.3 Å². The molecule has 1 aromatic carbocycles. The van der Waals surface area contributed by atoms with E-state index in [0.717, 1.165) is 11.0 Å². The van der Waals surface area contributed by atoms with Gasteiger partial charge in [0.15, 0.2) is 5.69 Å². The lowest BCUT2D eigenvalue weighted by Gasteiger charge is -2.15. The second-order valence-corrected chi connectivity index (χ2v) is 6.36. The highest BCUT2D eigenvalue weighted by Crippen LogP contribution is 2.32. The van der Waals surface area contributed by atoms with Gasteiger partial charge in [0.1, 0.15) is 5.82 Å². The van der Waals surface area contributed by atoms with Crippen LogP contribution in [0.25, 0.3) is 0 Å². The first-order valence-electron chi connectivity index (χ1n) is 7.54. The van der Waals surface area contributed by atoms with Gasteiger partial charge in [0.2, 0.25) is 5.95 Å². The summed E-state index contributed by atoms with van der Waals surface area (Å²) in [6, 6.07) is 8.26. The van der Waals surface area contributed by atoms with Gasteiger partial charge in [-0.1, -0.05) is 12.1 Å². The average Bonchev–Trinajstić information content (AvgIpc) is 2.54. The third kappa shape index (κ3) is 5.79. The lowest BCUT2D eigenvalue weighted by atomic mass is 10.3. The zero-order chi connectivity index (χ0) is 18.4. The first kappa shape index (κ1) is 19.3. The summed E-state index contributed by atoms with van der Waals surface area (Å²) in [4.78, 5) is 10.6. The molecular weight excluding hydrogens is 351 g/mol. The van der Waals surface area contributed by atoms with Crippen molar-refractivity contribution < 1.29 is 13.2 Å². The van der Waals surface area contributed by atoms with Crippen LogP contribution in [0, 0.1) is 0 Å². The lowest BCUT2D eigenvalue weighted by molar-refractivity contribution is -0.141. The van der Waals surface area contributed by atoms with E-state index in [0.29, 0.717) is 18.8 Å². The predicted molar refractivity (Wildman–Crippen MR) is 95.6 cm³/mol. The van der Waals surface area contributed by atoms with Crippen molar-refractivity contribution in [2.75, 3.05) is 44.1 Å². The molecule has 2 N–H and O–H groups in total. The Bertz CT molecular complexity index is 706. The highest BCUT2D eigenvalue weighted by Gasteiger charge is 2.33. The summed E-state index contributed by atoms with van der Waals surface area (Å²) in [6.07, 6.45) is -2.65. The Balaban J connectivity index is 2.29. The molecule has 0 amide bonds. The molecule has 1 aromatic heterocycles. The number of nitrogens with zero attached hydrogens (tertiary/aromatic N) is 3. The second-order valence-electron chi connectivity index (χ2n) is 5.52. The number of anilines is 3. The Hall–Kier alpha value is -2.00. The van der Waals surface area contributed by atoms with Crippen LogP contribution in [-0.2, 0) is 6.18 Å². The van der Waals surface area contributed by atoms with Crippen LogP contribution in [0.1, 0.15) is 5.69 Å². The van der Waals surface area contributed by atoms with Crippen LogP contribution in [0.2, 0.25) is 0 Å². The van der Waals surface area contributed by atoms with Gasteiger partial charge in [-0.25, -0.2) is 4.98 Å². The van der Waals surface area contributed by atoms with E-state index in [2.05, 4.69) is 20.6 Å². The molecule has 1 heterocycles. The van der Waals surface area contributed by atoms with Crippen molar-refractivity contribution in [1.29, 1.82) is 0 Å². The molecule has 0 aliphatic carbocycles. The molecular formula is C16H20F3N5S. The molecule has 25 heavy (non-hydrogen) atoms. The second kappa shape index (κ2) is 8.39. The van der Waals surface area contributed by atoms with Crippen LogP contribution < -0.4 is 10.6 Å². The van der Waals surface area contributed by atoms with Crippen LogP contribution in [0.4, 0.5) is 30.6 Å². The molecule has 0 saturated carbocycles. The molecule has 9 heteroatoms. The van der Waals surface area contributed by atoms with Gasteiger partial charge in [-0.15, -0.1) is 11.8 Å². The summed E-state index contributed by atoms with van der Waals surface area (Å²) in [5.74, 6) is 0.0389. The fourth-order valence-electron chi connectivity index (χ4n) is 2.01. The van der Waals surface area contributed by atoms with Crippen LogP contribution in [0.5, 0.6) is 0 Å². The number of para-hydroxylation sites is 1. The Kier molecular flexibility index (Phi) is 6.49. The summed E-state index contributed by atoms with van der Waals surface area (Å²) in [5.41, 5.74) is -0.292. The number of rotatable bonds is 7. The van der Waals surface area contributed by atoms with E-state index in [1.807, 2.05) is 43.5 Å². The zero-order valence-electron chi connectivity index (χ0n) is 14.2. The fraction of sp³-hybridized carbons (Fsp3) is 0.375. The molecule has 0 bridgehead atoms. The molecule has 0 atom stereocenters. The Morgan fingerprint density at radius 2 is 1.88 bits per heavy atom. The summed E-state index contributed by atoms with van der Waals surface area (Å²) in [5, 5.41) is 5.79. The first-order valence-corrected chi connectivity index (χ1v) is 8.77. The van der Waals surface area contributed by atoms with E-state index in [1.165, 1.54) is 11.8 Å². The van der Waals surface area contributed by atoms with Gasteiger partial charge in [-0.2, -0.15) is 18.2 Å². The molecule has 0 fully saturated rings. The van der Waals surface area contributed by atoms with Gasteiger partial charge in [-0.3, -0.25) is 0 Å². The summed E-state index contributed by atoms with van der Waals surface area (Å²) < 4.78 is 39.4. The molecule has 0 aliphatic rings. The maximum Gasteiger partial charge on any atom is 0.433 e. The van der Waals surface area contributed by atoms with Gasteiger partial charge < -0.3 is 15.5 Å². The Morgan fingerprint density at radius 1 is 1.16 bits per heavy atom. The number of thioether (sulfide) groups is 1. The lowest BCUT2D eigenvalue weighted by Crippen LogP contribution is -2.22. The number of hydrogen-bond donors (Lipinski definition) is 2. The van der Waals surface area contributed by atoms with Crippen molar-refractivity contribution in [3.05, 3.63) is 36.0 Å². The average molecular weight is 371 g/mol. The van der Waals surface area contributed by atoms with Gasteiger partial charge in [0.25, 0.3) is 0 Å². The SMILES string of the molecule is CSc1ccccc1Nc1cc(C(F)(F)F)nc(NCCN(C)C)n1. The summed E-state index contributed by atoms with van der Waals surface area (Å²) in [6.45, 7) is 1.09. The molecule has 136 valence electrons. The van der Waals surface area contributed by atoms with Crippen molar-refractivity contribution in [3.63, 3.8) is 0 Å². The zero-order valence-corrected chi connectivity index (χ0v) is 15.0. The van der Waals surface area contributed by atoms with Gasteiger partial charge in [-0.05, 0) is 32.5 Å². The number of benzene rings is 1. The Morgan fingerprint density at radius 3 is 2.52 bits per heavy atom. The van der Waals surface area contributed by atoms with Crippen molar-refractivity contribution in [2.24, 2.45) is 0 Å². The third-order valence-electron chi connectivity index (χ3n) is 3.23. The maximum absolute atomic E-state index is 13.1. The third-order valence-corrected chi connectivity index (χ3v) is 4.02. The molecule has 0 aliphatic heterocycles. The monoisotopic (exact) mass is 371 g/mol. The number of halogens is 3. The van der Waals surface area contributed by atoms with E-state index < -0.39 is 11.9 Å². The standard InChI is InChI=1S/C16H20F3N5S/c1-24(2)9-8-20-15-22-13(16(17,18)19)10-14(23-15)21-11-6-4-5-7-12(11)25-3/h4-7,10H,8-9H2,1-3H3,(H2,20,21,22,23). The summed E-state index contributed by atoms with van der Waals surface area (Å²) in [7, 11) is 3.75. The highest BCUT2D eigenvalue weighted by molar-refractivity contribution is 7.98. The number of likely N-dealkylation sites (N-methyl/N-ethyl adjacent to an activating group) is 1. The van der Waals surface area contributed by atoms with E-state index >= 15 is 0 Å². The largest absolute Gasteiger partial charge is 0.433 e. The maximum atomic E-state index is 13.1. The molecule has 2 rings (SSSR count). The number of nitrogens with one attached hydrogen (secondary N) is 2. The molecule has 0 saturated heterocycles. The smallest absolute Gasteiger partial charge is 0.353 e. The van der Waals surface area contributed by atoms with Crippen molar-refractivity contribution in [2.45, 2.75) is 11.1 Å². The number of aromatic nitrogens is 2. The van der Waals surface area contributed by atoms with E-state index in [1.54, 1.807) is 6.07 Å². The first-order chi connectivity index (χ1) is 11.8. The van der Waals surface area contributed by atoms with Gasteiger partial charge >= 0.3 is 6.18 Å². The van der Waals surface area contributed by atoms with Gasteiger partial charge in [0, 0.05) is 24.1 Å². The van der Waals surface area contributed by atoms with E-state index in [-0.39, 0.29) is 11.8 Å². The topological polar surface area (TPSA) is 53.1 Å². The minimum atomic E-state index is -4.55. The number of hydrogen-bond acceptors (Lipinski definition) is 6. The van der Waals surface area contributed by atoms with Crippen LogP contribution in [0.3, 0.4) is 0 Å². The van der Waals surface area contributed by atoms with E-state index in [4.69, 9.17) is 0 Å². The normalized spacial score (nSPS) is 11.6.